The van der Waals surface area contributed by atoms with Crippen LogP contribution >= 0.6 is 0 Å². The second-order valence-corrected chi connectivity index (χ2v) is 8.75. The van der Waals surface area contributed by atoms with Gasteiger partial charge in [0.15, 0.2) is 23.0 Å². The molecule has 36 heavy (non-hydrogen) atoms. The van der Waals surface area contributed by atoms with Crippen LogP contribution in [0.15, 0.2) is 48.7 Å². The lowest BCUT2D eigenvalue weighted by atomic mass is 10.1. The summed E-state index contributed by atoms with van der Waals surface area (Å²) in [5.41, 5.74) is 8.51. The molecule has 1 atom stereocenters. The summed E-state index contributed by atoms with van der Waals surface area (Å²) in [6, 6.07) is 12.6. The summed E-state index contributed by atoms with van der Waals surface area (Å²) in [7, 11) is 0. The van der Waals surface area contributed by atoms with E-state index in [1.54, 1.807) is 18.2 Å². The highest BCUT2D eigenvalue weighted by atomic mass is 16.6. The average Bonchev–Trinajstić information content (AvgIpc) is 2.92. The van der Waals surface area contributed by atoms with Crippen LogP contribution in [0.2, 0.25) is 0 Å². The minimum absolute atomic E-state index is 0.0253. The number of nitrogen functional groups attached to an aromatic ring is 1. The number of carbonyl (C=O) groups excluding carboxylic acids is 2. The molecule has 0 bridgehead atoms. The Morgan fingerprint density at radius 3 is 2.78 bits per heavy atom. The molecule has 5 rings (SSSR count). The maximum Gasteiger partial charge on any atom is 0.274 e. The topological polar surface area (TPSA) is 140 Å². The second-order valence-electron chi connectivity index (χ2n) is 8.75. The van der Waals surface area contributed by atoms with E-state index >= 15 is 0 Å². The van der Waals surface area contributed by atoms with Crippen LogP contribution in [0.5, 0.6) is 11.5 Å². The molecule has 3 heterocycles. The summed E-state index contributed by atoms with van der Waals surface area (Å²) >= 11 is 0. The molecule has 0 saturated carbocycles. The number of hydrogen-bond acceptors (Lipinski definition) is 8. The van der Waals surface area contributed by atoms with Gasteiger partial charge in [0.1, 0.15) is 13.2 Å². The van der Waals surface area contributed by atoms with Crippen molar-refractivity contribution in [2.75, 3.05) is 32.0 Å². The number of fused-ring (bicyclic) bond motifs is 1. The summed E-state index contributed by atoms with van der Waals surface area (Å²) in [6.45, 7) is 3.03. The molecule has 1 aromatic heterocycles. The quantitative estimate of drug-likeness (QED) is 0.412. The van der Waals surface area contributed by atoms with E-state index in [-0.39, 0.29) is 29.4 Å². The van der Waals surface area contributed by atoms with E-state index < -0.39 is 0 Å². The molecule has 2 amide bonds. The van der Waals surface area contributed by atoms with Crippen molar-refractivity contribution in [1.29, 1.82) is 0 Å². The van der Waals surface area contributed by atoms with Crippen LogP contribution < -0.4 is 31.2 Å². The van der Waals surface area contributed by atoms with Crippen LogP contribution in [-0.4, -0.2) is 54.1 Å². The van der Waals surface area contributed by atoms with Crippen LogP contribution in [0.3, 0.4) is 0 Å². The van der Waals surface area contributed by atoms with Crippen molar-refractivity contribution in [2.45, 2.75) is 25.4 Å². The fourth-order valence-electron chi connectivity index (χ4n) is 4.24. The van der Waals surface area contributed by atoms with Crippen molar-refractivity contribution in [2.24, 2.45) is 0 Å². The first-order valence-corrected chi connectivity index (χ1v) is 12.0. The molecule has 2 aliphatic heterocycles. The van der Waals surface area contributed by atoms with Gasteiger partial charge < -0.3 is 31.2 Å². The average molecular weight is 489 g/mol. The first kappa shape index (κ1) is 23.6. The zero-order valence-corrected chi connectivity index (χ0v) is 19.8. The standard InChI is InChI=1S/C26H28N6O4/c27-24-23(26(34)31-19-5-2-8-28-14-19)32-20(15-29-24)17-3-1-4-18(12-17)25(33)30-13-16-6-7-21-22(11-16)36-10-9-35-21/h1,3-4,6-7,11-12,15,19,28H,2,5,8-10,13-14H2,(H2,27,29)(H,30,33)(H,31,34). The number of carbonyl (C=O) groups is 2. The zero-order valence-electron chi connectivity index (χ0n) is 19.8. The highest BCUT2D eigenvalue weighted by Gasteiger charge is 2.20. The number of hydrogen-bond donors (Lipinski definition) is 4. The van der Waals surface area contributed by atoms with Crippen molar-refractivity contribution in [3.05, 3.63) is 65.5 Å². The summed E-state index contributed by atoms with van der Waals surface area (Å²) in [5, 5.41) is 9.16. The van der Waals surface area contributed by atoms with Crippen LogP contribution in [0, 0.1) is 0 Å². The number of anilines is 1. The number of nitrogens with zero attached hydrogens (tertiary/aromatic N) is 2. The molecule has 2 aromatic carbocycles. The van der Waals surface area contributed by atoms with Crippen molar-refractivity contribution < 1.29 is 19.1 Å². The minimum atomic E-state index is -0.358. The maximum atomic E-state index is 12.8. The monoisotopic (exact) mass is 488 g/mol. The Kier molecular flexibility index (Phi) is 6.94. The van der Waals surface area contributed by atoms with E-state index in [0.29, 0.717) is 54.6 Å². The molecule has 2 aliphatic rings. The predicted molar refractivity (Wildman–Crippen MR) is 134 cm³/mol. The van der Waals surface area contributed by atoms with E-state index in [2.05, 4.69) is 25.9 Å². The van der Waals surface area contributed by atoms with Crippen LogP contribution in [0.1, 0.15) is 39.3 Å². The van der Waals surface area contributed by atoms with Gasteiger partial charge in [0.2, 0.25) is 0 Å². The van der Waals surface area contributed by atoms with Gasteiger partial charge in [0, 0.05) is 30.3 Å². The Morgan fingerprint density at radius 1 is 1.08 bits per heavy atom. The molecule has 1 unspecified atom stereocenters. The number of amides is 2. The fourth-order valence-corrected chi connectivity index (χ4v) is 4.24. The largest absolute Gasteiger partial charge is 0.486 e. The third kappa shape index (κ3) is 5.38. The van der Waals surface area contributed by atoms with E-state index in [1.807, 2.05) is 24.3 Å². The first-order chi connectivity index (χ1) is 17.6. The smallest absolute Gasteiger partial charge is 0.274 e. The number of rotatable bonds is 6. The van der Waals surface area contributed by atoms with Gasteiger partial charge in [-0.05, 0) is 49.2 Å². The van der Waals surface area contributed by atoms with Gasteiger partial charge >= 0.3 is 0 Å². The Balaban J connectivity index is 1.27. The number of ether oxygens (including phenoxy) is 2. The lowest BCUT2D eigenvalue weighted by Gasteiger charge is -2.23. The second kappa shape index (κ2) is 10.6. The molecule has 10 nitrogen and oxygen atoms in total. The van der Waals surface area contributed by atoms with Crippen LogP contribution in [0.25, 0.3) is 11.3 Å². The normalized spacial score (nSPS) is 16.7. The summed E-state index contributed by atoms with van der Waals surface area (Å²) in [4.78, 5) is 34.3. The number of piperidine rings is 1. The third-order valence-electron chi connectivity index (χ3n) is 6.13. The molecule has 0 radical (unpaired) electrons. The molecular formula is C26H28N6O4. The Morgan fingerprint density at radius 2 is 1.94 bits per heavy atom. The molecule has 0 aliphatic carbocycles. The molecule has 1 fully saturated rings. The number of benzene rings is 2. The SMILES string of the molecule is Nc1ncc(-c2cccc(C(=O)NCc3ccc4c(c3)OCCO4)c2)nc1C(=O)NC1CCCNC1. The lowest BCUT2D eigenvalue weighted by Crippen LogP contribution is -2.46. The van der Waals surface area contributed by atoms with Crippen molar-refractivity contribution in [3.8, 4) is 22.8 Å². The van der Waals surface area contributed by atoms with Gasteiger partial charge in [-0.2, -0.15) is 0 Å². The number of nitrogens with one attached hydrogen (secondary N) is 3. The van der Waals surface area contributed by atoms with E-state index in [0.717, 1.165) is 24.9 Å². The minimum Gasteiger partial charge on any atom is -0.486 e. The van der Waals surface area contributed by atoms with E-state index in [9.17, 15) is 9.59 Å². The maximum absolute atomic E-state index is 12.8. The molecule has 10 heteroatoms. The van der Waals surface area contributed by atoms with E-state index in [4.69, 9.17) is 15.2 Å². The van der Waals surface area contributed by atoms with Crippen molar-refractivity contribution in [1.82, 2.24) is 25.9 Å². The lowest BCUT2D eigenvalue weighted by molar-refractivity contribution is 0.0923. The highest BCUT2D eigenvalue weighted by molar-refractivity contribution is 5.97. The van der Waals surface area contributed by atoms with Crippen molar-refractivity contribution >= 4 is 17.6 Å². The number of nitrogens with two attached hydrogens (primary N) is 1. The van der Waals surface area contributed by atoms with Crippen LogP contribution in [-0.2, 0) is 6.54 Å². The van der Waals surface area contributed by atoms with Gasteiger partial charge in [-0.1, -0.05) is 18.2 Å². The predicted octanol–water partition coefficient (Wildman–Crippen LogP) is 1.91. The Labute approximate surface area is 208 Å². The molecule has 5 N–H and O–H groups in total. The van der Waals surface area contributed by atoms with Gasteiger partial charge in [0.25, 0.3) is 11.8 Å². The fraction of sp³-hybridized carbons (Fsp3) is 0.308. The van der Waals surface area contributed by atoms with Crippen molar-refractivity contribution in [3.63, 3.8) is 0 Å². The van der Waals surface area contributed by atoms with Gasteiger partial charge in [-0.15, -0.1) is 0 Å². The summed E-state index contributed by atoms with van der Waals surface area (Å²) in [6.07, 6.45) is 3.39. The zero-order chi connectivity index (χ0) is 24.9. The van der Waals surface area contributed by atoms with Gasteiger partial charge in [-0.3, -0.25) is 9.59 Å². The van der Waals surface area contributed by atoms with Gasteiger partial charge in [-0.25, -0.2) is 9.97 Å². The van der Waals surface area contributed by atoms with Gasteiger partial charge in [0.05, 0.1) is 11.9 Å². The first-order valence-electron chi connectivity index (χ1n) is 12.0. The third-order valence-corrected chi connectivity index (χ3v) is 6.13. The molecule has 3 aromatic rings. The van der Waals surface area contributed by atoms with Crippen LogP contribution in [0.4, 0.5) is 5.82 Å². The Bertz CT molecular complexity index is 1280. The highest BCUT2D eigenvalue weighted by Crippen LogP contribution is 2.30. The molecule has 186 valence electrons. The van der Waals surface area contributed by atoms with E-state index in [1.165, 1.54) is 6.20 Å². The number of aromatic nitrogens is 2. The Hall–Kier alpha value is -4.18. The molecule has 0 spiro atoms. The summed E-state index contributed by atoms with van der Waals surface area (Å²) < 4.78 is 11.1. The summed E-state index contributed by atoms with van der Waals surface area (Å²) in [5.74, 6) is 0.851. The molecular weight excluding hydrogens is 460 g/mol. The molecule has 1 saturated heterocycles.